The molecule has 0 radical (unpaired) electrons. The molecule has 172 valence electrons. The van der Waals surface area contributed by atoms with Gasteiger partial charge in [-0.2, -0.15) is 5.10 Å². The van der Waals surface area contributed by atoms with Crippen LogP contribution in [0, 0.1) is 5.92 Å². The zero-order valence-corrected chi connectivity index (χ0v) is 19.7. The Bertz CT molecular complexity index is 678. The standard InChI is InChI=1S/C20H34N6O2.2ClH/c1-14(2)26-18(8-10-23-26)24-19(27)15(3)25-11-5-6-16(13-25)12-22-20(28)17-7-4-9-21-17;;/h8,10,14-17,21H,4-7,9,11-13H2,1-3H3,(H,22,28)(H,24,27);2*1H. The summed E-state index contributed by atoms with van der Waals surface area (Å²) < 4.78 is 1.82. The van der Waals surface area contributed by atoms with E-state index in [1.165, 1.54) is 0 Å². The van der Waals surface area contributed by atoms with Crippen molar-refractivity contribution in [1.82, 2.24) is 25.3 Å². The molecule has 2 amide bonds. The van der Waals surface area contributed by atoms with E-state index in [0.29, 0.717) is 12.5 Å². The number of amides is 2. The fourth-order valence-electron chi connectivity index (χ4n) is 4.11. The first-order valence-corrected chi connectivity index (χ1v) is 10.5. The maximum atomic E-state index is 12.8. The zero-order chi connectivity index (χ0) is 20.1. The summed E-state index contributed by atoms with van der Waals surface area (Å²) in [6.45, 7) is 9.38. The van der Waals surface area contributed by atoms with Crippen LogP contribution in [0.15, 0.2) is 12.3 Å². The van der Waals surface area contributed by atoms with Gasteiger partial charge >= 0.3 is 0 Å². The summed E-state index contributed by atoms with van der Waals surface area (Å²) >= 11 is 0. The van der Waals surface area contributed by atoms with Gasteiger partial charge in [0.2, 0.25) is 11.8 Å². The molecular formula is C20H36Cl2N6O2. The van der Waals surface area contributed by atoms with Crippen LogP contribution in [0.25, 0.3) is 0 Å². The minimum Gasteiger partial charge on any atom is -0.354 e. The molecule has 0 aromatic carbocycles. The summed E-state index contributed by atoms with van der Waals surface area (Å²) in [5, 5.41) is 13.6. The Hall–Kier alpha value is -1.35. The summed E-state index contributed by atoms with van der Waals surface area (Å²) in [4.78, 5) is 27.2. The molecule has 2 fully saturated rings. The van der Waals surface area contributed by atoms with Gasteiger partial charge in [0.15, 0.2) is 0 Å². The summed E-state index contributed by atoms with van der Waals surface area (Å²) in [7, 11) is 0. The minimum atomic E-state index is -0.217. The third kappa shape index (κ3) is 6.83. The Kier molecular flexibility index (Phi) is 11.1. The van der Waals surface area contributed by atoms with Crippen LogP contribution in [-0.4, -0.2) is 64.8 Å². The molecule has 1 aromatic rings. The van der Waals surface area contributed by atoms with Gasteiger partial charge in [0.25, 0.3) is 0 Å². The lowest BCUT2D eigenvalue weighted by molar-refractivity contribution is -0.124. The Labute approximate surface area is 191 Å². The van der Waals surface area contributed by atoms with Gasteiger partial charge in [0, 0.05) is 25.2 Å². The third-order valence-electron chi connectivity index (χ3n) is 5.83. The normalized spacial score (nSPS) is 22.7. The molecule has 2 aliphatic rings. The number of carbonyl (C=O) groups excluding carboxylic acids is 2. The molecular weight excluding hydrogens is 427 g/mol. The summed E-state index contributed by atoms with van der Waals surface area (Å²) in [6.07, 6.45) is 5.83. The molecule has 0 spiro atoms. The number of hydrogen-bond acceptors (Lipinski definition) is 5. The first kappa shape index (κ1) is 26.7. The lowest BCUT2D eigenvalue weighted by Crippen LogP contribution is -2.50. The number of halogens is 2. The molecule has 0 aliphatic carbocycles. The summed E-state index contributed by atoms with van der Waals surface area (Å²) in [6, 6.07) is 1.77. The van der Waals surface area contributed by atoms with Crippen molar-refractivity contribution in [3.63, 3.8) is 0 Å². The Balaban J connectivity index is 0.00000225. The zero-order valence-electron chi connectivity index (χ0n) is 18.1. The molecule has 2 saturated heterocycles. The van der Waals surface area contributed by atoms with Crippen molar-refractivity contribution < 1.29 is 9.59 Å². The van der Waals surface area contributed by atoms with Gasteiger partial charge < -0.3 is 16.0 Å². The highest BCUT2D eigenvalue weighted by Crippen LogP contribution is 2.20. The molecule has 0 saturated carbocycles. The van der Waals surface area contributed by atoms with Crippen molar-refractivity contribution in [2.45, 2.75) is 64.6 Å². The molecule has 3 atom stereocenters. The Morgan fingerprint density at radius 3 is 2.67 bits per heavy atom. The summed E-state index contributed by atoms with van der Waals surface area (Å²) in [5.41, 5.74) is 0. The average Bonchev–Trinajstić information content (AvgIpc) is 3.37. The smallest absolute Gasteiger partial charge is 0.242 e. The van der Waals surface area contributed by atoms with Crippen molar-refractivity contribution >= 4 is 42.4 Å². The van der Waals surface area contributed by atoms with E-state index in [9.17, 15) is 9.59 Å². The molecule has 3 unspecified atom stereocenters. The SMILES string of the molecule is CC(C(=O)Nc1ccnn1C(C)C)N1CCCC(CNC(=O)C2CCCN2)C1.Cl.Cl. The largest absolute Gasteiger partial charge is 0.354 e. The highest BCUT2D eigenvalue weighted by Gasteiger charge is 2.29. The predicted octanol–water partition coefficient (Wildman–Crippen LogP) is 2.21. The first-order valence-electron chi connectivity index (χ1n) is 10.5. The van der Waals surface area contributed by atoms with E-state index in [4.69, 9.17) is 0 Å². The number of nitrogens with one attached hydrogen (secondary N) is 3. The van der Waals surface area contributed by atoms with E-state index < -0.39 is 0 Å². The number of aromatic nitrogens is 2. The lowest BCUT2D eigenvalue weighted by atomic mass is 9.96. The topological polar surface area (TPSA) is 91.3 Å². The number of rotatable bonds is 7. The van der Waals surface area contributed by atoms with Crippen LogP contribution in [0.1, 0.15) is 52.5 Å². The Morgan fingerprint density at radius 1 is 1.23 bits per heavy atom. The molecule has 30 heavy (non-hydrogen) atoms. The quantitative estimate of drug-likeness (QED) is 0.577. The highest BCUT2D eigenvalue weighted by molar-refractivity contribution is 5.93. The minimum absolute atomic E-state index is 0. The summed E-state index contributed by atoms with van der Waals surface area (Å²) in [5.74, 6) is 1.22. The van der Waals surface area contributed by atoms with Crippen molar-refractivity contribution in [2.24, 2.45) is 5.92 Å². The predicted molar refractivity (Wildman–Crippen MR) is 124 cm³/mol. The fourth-order valence-corrected chi connectivity index (χ4v) is 4.11. The fraction of sp³-hybridized carbons (Fsp3) is 0.750. The van der Waals surface area contributed by atoms with Crippen molar-refractivity contribution in [3.8, 4) is 0 Å². The van der Waals surface area contributed by atoms with Gasteiger partial charge in [-0.25, -0.2) is 4.68 Å². The van der Waals surface area contributed by atoms with E-state index in [-0.39, 0.29) is 54.8 Å². The number of carbonyl (C=O) groups is 2. The van der Waals surface area contributed by atoms with Crippen molar-refractivity contribution in [2.75, 3.05) is 31.5 Å². The second-order valence-corrected chi connectivity index (χ2v) is 8.32. The van der Waals surface area contributed by atoms with E-state index in [2.05, 4.69) is 25.9 Å². The number of likely N-dealkylation sites (tertiary alicyclic amines) is 1. The van der Waals surface area contributed by atoms with Crippen LogP contribution in [-0.2, 0) is 9.59 Å². The van der Waals surface area contributed by atoms with E-state index in [0.717, 1.165) is 51.1 Å². The monoisotopic (exact) mass is 462 g/mol. The maximum absolute atomic E-state index is 12.8. The second-order valence-electron chi connectivity index (χ2n) is 8.32. The van der Waals surface area contributed by atoms with Crippen molar-refractivity contribution in [1.29, 1.82) is 0 Å². The Morgan fingerprint density at radius 2 is 2.00 bits per heavy atom. The molecule has 8 nitrogen and oxygen atoms in total. The molecule has 1 aromatic heterocycles. The number of anilines is 1. The van der Waals surface area contributed by atoms with Crippen molar-refractivity contribution in [3.05, 3.63) is 12.3 Å². The highest BCUT2D eigenvalue weighted by atomic mass is 35.5. The number of piperidine rings is 1. The van der Waals surface area contributed by atoms with Crippen LogP contribution < -0.4 is 16.0 Å². The van der Waals surface area contributed by atoms with Gasteiger partial charge in [0.05, 0.1) is 18.3 Å². The van der Waals surface area contributed by atoms with Gasteiger partial charge in [-0.1, -0.05) is 0 Å². The van der Waals surface area contributed by atoms with Crippen LogP contribution in [0.4, 0.5) is 5.82 Å². The lowest BCUT2D eigenvalue weighted by Gasteiger charge is -2.36. The van der Waals surface area contributed by atoms with Crippen LogP contribution in [0.5, 0.6) is 0 Å². The molecule has 2 aliphatic heterocycles. The molecule has 3 N–H and O–H groups in total. The van der Waals surface area contributed by atoms with Gasteiger partial charge in [0.1, 0.15) is 5.82 Å². The molecule has 3 rings (SSSR count). The van der Waals surface area contributed by atoms with Crippen LogP contribution in [0.3, 0.4) is 0 Å². The third-order valence-corrected chi connectivity index (χ3v) is 5.83. The molecule has 3 heterocycles. The average molecular weight is 463 g/mol. The van der Waals surface area contributed by atoms with Crippen LogP contribution >= 0.6 is 24.8 Å². The molecule has 10 heteroatoms. The van der Waals surface area contributed by atoms with Gasteiger partial charge in [-0.3, -0.25) is 14.5 Å². The second kappa shape index (κ2) is 12.5. The number of nitrogens with zero attached hydrogens (tertiary/aromatic N) is 3. The van der Waals surface area contributed by atoms with Gasteiger partial charge in [-0.15, -0.1) is 24.8 Å². The van der Waals surface area contributed by atoms with Gasteiger partial charge in [-0.05, 0) is 65.5 Å². The maximum Gasteiger partial charge on any atom is 0.242 e. The van der Waals surface area contributed by atoms with Crippen LogP contribution in [0.2, 0.25) is 0 Å². The van der Waals surface area contributed by atoms with E-state index >= 15 is 0 Å². The first-order chi connectivity index (χ1) is 13.5. The van der Waals surface area contributed by atoms with E-state index in [1.54, 1.807) is 6.20 Å². The number of hydrogen-bond donors (Lipinski definition) is 3. The van der Waals surface area contributed by atoms with E-state index in [1.807, 2.05) is 31.5 Å². The molecule has 0 bridgehead atoms.